The Hall–Kier alpha value is -2.05. The first-order valence-corrected chi connectivity index (χ1v) is 7.18. The number of halogens is 1. The third kappa shape index (κ3) is 3.40. The topological polar surface area (TPSA) is 47.5 Å². The van der Waals surface area contributed by atoms with E-state index in [1.165, 1.54) is 12.1 Å². The SMILES string of the molecule is COCc1cc(N2CCO[C@H](c3ccc(F)cc3)C2)ncn1. The molecule has 1 saturated heterocycles. The Morgan fingerprint density at radius 3 is 2.91 bits per heavy atom. The number of rotatable bonds is 4. The van der Waals surface area contributed by atoms with E-state index in [-0.39, 0.29) is 11.9 Å². The van der Waals surface area contributed by atoms with Crippen molar-refractivity contribution in [3.63, 3.8) is 0 Å². The van der Waals surface area contributed by atoms with E-state index in [1.54, 1.807) is 25.6 Å². The molecule has 2 aromatic rings. The summed E-state index contributed by atoms with van der Waals surface area (Å²) in [5.74, 6) is 0.619. The average Bonchev–Trinajstić information content (AvgIpc) is 2.56. The van der Waals surface area contributed by atoms with Crippen LogP contribution < -0.4 is 4.90 Å². The predicted octanol–water partition coefficient (Wildman–Crippen LogP) is 2.34. The third-order valence-corrected chi connectivity index (χ3v) is 3.63. The molecule has 1 aliphatic heterocycles. The molecule has 0 spiro atoms. The number of nitrogens with zero attached hydrogens (tertiary/aromatic N) is 3. The van der Waals surface area contributed by atoms with Crippen molar-refractivity contribution in [1.82, 2.24) is 9.97 Å². The molecule has 22 heavy (non-hydrogen) atoms. The Bertz CT molecular complexity index is 621. The lowest BCUT2D eigenvalue weighted by Crippen LogP contribution is -2.39. The molecule has 3 rings (SSSR count). The number of ether oxygens (including phenoxy) is 2. The fraction of sp³-hybridized carbons (Fsp3) is 0.375. The molecule has 1 fully saturated rings. The Kier molecular flexibility index (Phi) is 4.60. The van der Waals surface area contributed by atoms with Crippen LogP contribution in [0.4, 0.5) is 10.2 Å². The quantitative estimate of drug-likeness (QED) is 0.867. The molecule has 116 valence electrons. The summed E-state index contributed by atoms with van der Waals surface area (Å²) < 4.78 is 23.9. The standard InChI is InChI=1S/C16H18FN3O2/c1-21-10-14-8-16(19-11-18-14)20-6-7-22-15(9-20)12-2-4-13(17)5-3-12/h2-5,8,11,15H,6-7,9-10H2,1H3/t15-/m0/s1. The highest BCUT2D eigenvalue weighted by molar-refractivity contribution is 5.40. The van der Waals surface area contributed by atoms with Gasteiger partial charge in [0.1, 0.15) is 24.1 Å². The van der Waals surface area contributed by atoms with E-state index >= 15 is 0 Å². The number of benzene rings is 1. The maximum Gasteiger partial charge on any atom is 0.132 e. The Morgan fingerprint density at radius 2 is 2.14 bits per heavy atom. The van der Waals surface area contributed by atoms with E-state index in [4.69, 9.17) is 9.47 Å². The second-order valence-electron chi connectivity index (χ2n) is 5.16. The van der Waals surface area contributed by atoms with Gasteiger partial charge in [-0.3, -0.25) is 0 Å². The summed E-state index contributed by atoms with van der Waals surface area (Å²) in [7, 11) is 1.64. The predicted molar refractivity (Wildman–Crippen MR) is 80.1 cm³/mol. The van der Waals surface area contributed by atoms with Gasteiger partial charge in [0.05, 0.1) is 18.9 Å². The van der Waals surface area contributed by atoms with Crippen molar-refractivity contribution in [3.05, 3.63) is 53.7 Å². The summed E-state index contributed by atoms with van der Waals surface area (Å²) in [4.78, 5) is 10.7. The lowest BCUT2D eigenvalue weighted by molar-refractivity contribution is 0.0394. The van der Waals surface area contributed by atoms with Crippen LogP contribution in [-0.4, -0.2) is 36.8 Å². The fourth-order valence-corrected chi connectivity index (χ4v) is 2.52. The van der Waals surface area contributed by atoms with Crippen LogP contribution in [0.1, 0.15) is 17.4 Å². The van der Waals surface area contributed by atoms with Crippen molar-refractivity contribution in [2.75, 3.05) is 31.7 Å². The lowest BCUT2D eigenvalue weighted by atomic mass is 10.1. The van der Waals surface area contributed by atoms with E-state index < -0.39 is 0 Å². The highest BCUT2D eigenvalue weighted by atomic mass is 19.1. The van der Waals surface area contributed by atoms with Crippen molar-refractivity contribution in [1.29, 1.82) is 0 Å². The van der Waals surface area contributed by atoms with Gasteiger partial charge in [-0.05, 0) is 17.7 Å². The summed E-state index contributed by atoms with van der Waals surface area (Å²) in [6.07, 6.45) is 1.46. The second-order valence-corrected chi connectivity index (χ2v) is 5.16. The van der Waals surface area contributed by atoms with Gasteiger partial charge in [0.25, 0.3) is 0 Å². The van der Waals surface area contributed by atoms with Gasteiger partial charge in [-0.25, -0.2) is 14.4 Å². The van der Waals surface area contributed by atoms with Gasteiger partial charge < -0.3 is 14.4 Å². The van der Waals surface area contributed by atoms with E-state index in [0.29, 0.717) is 19.8 Å². The zero-order valence-corrected chi connectivity index (χ0v) is 12.4. The molecule has 0 saturated carbocycles. The maximum atomic E-state index is 13.0. The minimum Gasteiger partial charge on any atom is -0.378 e. The van der Waals surface area contributed by atoms with Gasteiger partial charge >= 0.3 is 0 Å². The zero-order valence-electron chi connectivity index (χ0n) is 12.4. The largest absolute Gasteiger partial charge is 0.378 e. The average molecular weight is 303 g/mol. The molecule has 0 amide bonds. The number of methoxy groups -OCH3 is 1. The van der Waals surface area contributed by atoms with Crippen LogP contribution in [0.5, 0.6) is 0 Å². The first-order chi connectivity index (χ1) is 10.8. The Balaban J connectivity index is 1.75. The first-order valence-electron chi connectivity index (χ1n) is 7.18. The Morgan fingerprint density at radius 1 is 1.32 bits per heavy atom. The first kappa shape index (κ1) is 14.9. The van der Waals surface area contributed by atoms with Crippen LogP contribution in [-0.2, 0) is 16.1 Å². The lowest BCUT2D eigenvalue weighted by Gasteiger charge is -2.34. The molecule has 5 nitrogen and oxygen atoms in total. The molecule has 0 unspecified atom stereocenters. The summed E-state index contributed by atoms with van der Waals surface area (Å²) in [5, 5.41) is 0. The molecular weight excluding hydrogens is 285 g/mol. The number of morpholine rings is 1. The molecule has 1 atom stereocenters. The van der Waals surface area contributed by atoms with Gasteiger partial charge in [-0.1, -0.05) is 12.1 Å². The third-order valence-electron chi connectivity index (χ3n) is 3.63. The molecule has 1 aliphatic rings. The van der Waals surface area contributed by atoms with E-state index in [9.17, 15) is 4.39 Å². The van der Waals surface area contributed by atoms with Crippen molar-refractivity contribution in [2.45, 2.75) is 12.7 Å². The van der Waals surface area contributed by atoms with E-state index in [2.05, 4.69) is 14.9 Å². The second kappa shape index (κ2) is 6.81. The molecule has 0 radical (unpaired) electrons. The fourth-order valence-electron chi connectivity index (χ4n) is 2.52. The minimum atomic E-state index is -0.239. The number of aromatic nitrogens is 2. The van der Waals surface area contributed by atoms with E-state index in [0.717, 1.165) is 23.6 Å². The van der Waals surface area contributed by atoms with Gasteiger partial charge in [0.2, 0.25) is 0 Å². The molecule has 0 bridgehead atoms. The smallest absolute Gasteiger partial charge is 0.132 e. The molecule has 0 N–H and O–H groups in total. The normalized spacial score (nSPS) is 18.5. The molecule has 2 heterocycles. The highest BCUT2D eigenvalue weighted by Crippen LogP contribution is 2.25. The van der Waals surface area contributed by atoms with Gasteiger partial charge in [0.15, 0.2) is 0 Å². The highest BCUT2D eigenvalue weighted by Gasteiger charge is 2.23. The van der Waals surface area contributed by atoms with Crippen molar-refractivity contribution < 1.29 is 13.9 Å². The number of hydrogen-bond donors (Lipinski definition) is 0. The molecule has 1 aromatic heterocycles. The van der Waals surface area contributed by atoms with Crippen molar-refractivity contribution >= 4 is 5.82 Å². The van der Waals surface area contributed by atoms with Crippen LogP contribution in [0.25, 0.3) is 0 Å². The minimum absolute atomic E-state index is 0.0878. The summed E-state index contributed by atoms with van der Waals surface area (Å²) in [5.41, 5.74) is 1.81. The zero-order chi connectivity index (χ0) is 15.4. The maximum absolute atomic E-state index is 13.0. The van der Waals surface area contributed by atoms with Gasteiger partial charge in [0, 0.05) is 26.3 Å². The van der Waals surface area contributed by atoms with Crippen LogP contribution in [0.2, 0.25) is 0 Å². The van der Waals surface area contributed by atoms with Crippen LogP contribution in [0.3, 0.4) is 0 Å². The Labute approximate surface area is 128 Å². The number of hydrogen-bond acceptors (Lipinski definition) is 5. The van der Waals surface area contributed by atoms with E-state index in [1.807, 2.05) is 6.07 Å². The number of anilines is 1. The monoisotopic (exact) mass is 303 g/mol. The molecular formula is C16H18FN3O2. The van der Waals surface area contributed by atoms with Crippen LogP contribution in [0.15, 0.2) is 36.7 Å². The summed E-state index contributed by atoms with van der Waals surface area (Å²) in [6.45, 7) is 2.50. The van der Waals surface area contributed by atoms with Crippen LogP contribution in [0, 0.1) is 5.82 Å². The molecule has 0 aliphatic carbocycles. The van der Waals surface area contributed by atoms with Crippen molar-refractivity contribution in [3.8, 4) is 0 Å². The van der Waals surface area contributed by atoms with Gasteiger partial charge in [-0.2, -0.15) is 0 Å². The van der Waals surface area contributed by atoms with Gasteiger partial charge in [-0.15, -0.1) is 0 Å². The molecule has 6 heteroatoms. The van der Waals surface area contributed by atoms with Crippen LogP contribution >= 0.6 is 0 Å². The summed E-state index contributed by atoms with van der Waals surface area (Å²) >= 11 is 0. The summed E-state index contributed by atoms with van der Waals surface area (Å²) in [6, 6.07) is 8.37. The molecule has 1 aromatic carbocycles. The van der Waals surface area contributed by atoms with Crippen molar-refractivity contribution in [2.24, 2.45) is 0 Å².